The van der Waals surface area contributed by atoms with Crippen molar-refractivity contribution in [1.29, 1.82) is 0 Å². The molecule has 4 rings (SSSR count). The second-order valence-corrected chi connectivity index (χ2v) is 7.83. The number of rotatable bonds is 6. The maximum Gasteiger partial charge on any atom is 0.264 e. The molecule has 6 heteroatoms. The second kappa shape index (κ2) is 7.94. The number of fused-ring (bicyclic) bond motifs is 1. The fourth-order valence-electron chi connectivity index (χ4n) is 3.60. The Hall–Kier alpha value is -3.15. The van der Waals surface area contributed by atoms with Gasteiger partial charge in [0.15, 0.2) is 11.4 Å². The molecule has 2 heterocycles. The van der Waals surface area contributed by atoms with E-state index in [-0.39, 0.29) is 13.0 Å². The molecule has 0 bridgehead atoms. The number of hydrogen-bond donors (Lipinski definition) is 1. The quantitative estimate of drug-likeness (QED) is 0.588. The highest BCUT2D eigenvalue weighted by atomic mass is 35.5. The molecule has 3 aromatic rings. The lowest BCUT2D eigenvalue weighted by Crippen LogP contribution is -2.41. The van der Waals surface area contributed by atoms with Crippen LogP contribution in [0, 0.1) is 6.92 Å². The van der Waals surface area contributed by atoms with E-state index in [0.717, 1.165) is 11.1 Å². The zero-order chi connectivity index (χ0) is 21.3. The van der Waals surface area contributed by atoms with Gasteiger partial charge in [0, 0.05) is 10.6 Å². The van der Waals surface area contributed by atoms with Gasteiger partial charge in [-0.3, -0.25) is 9.59 Å². The van der Waals surface area contributed by atoms with Crippen molar-refractivity contribution < 1.29 is 19.1 Å². The van der Waals surface area contributed by atoms with E-state index in [0.29, 0.717) is 22.0 Å². The third kappa shape index (κ3) is 3.82. The van der Waals surface area contributed by atoms with Crippen LogP contribution in [0.1, 0.15) is 28.9 Å². The zero-order valence-electron chi connectivity index (χ0n) is 16.3. The maximum absolute atomic E-state index is 13.3. The number of carbonyl (C=O) groups is 2. The third-order valence-electron chi connectivity index (χ3n) is 5.16. The van der Waals surface area contributed by atoms with Gasteiger partial charge < -0.3 is 14.4 Å². The Morgan fingerprint density at radius 1 is 1.20 bits per heavy atom. The van der Waals surface area contributed by atoms with E-state index in [1.807, 2.05) is 31.2 Å². The Bertz CT molecular complexity index is 1120. The second-order valence-electron chi connectivity index (χ2n) is 7.39. The number of furan rings is 1. The van der Waals surface area contributed by atoms with Crippen molar-refractivity contribution in [1.82, 2.24) is 0 Å². The smallest absolute Gasteiger partial charge is 0.264 e. The lowest BCUT2D eigenvalue weighted by atomic mass is 9.90. The molecule has 0 saturated carbocycles. The molecular formula is C24H20ClNO4. The summed E-state index contributed by atoms with van der Waals surface area (Å²) in [6, 6.07) is 16.1. The Morgan fingerprint density at radius 2 is 1.97 bits per heavy atom. The molecule has 1 atom stereocenters. The molecule has 0 radical (unpaired) electrons. The summed E-state index contributed by atoms with van der Waals surface area (Å²) in [6.45, 7) is 2.27. The molecule has 2 aromatic carbocycles. The normalized spacial score (nSPS) is 18.2. The molecule has 1 N–H and O–H groups in total. The molecule has 1 aliphatic rings. The molecule has 0 spiro atoms. The summed E-state index contributed by atoms with van der Waals surface area (Å²) in [5.41, 5.74) is 0.949. The van der Waals surface area contributed by atoms with Crippen LogP contribution < -0.4 is 4.90 Å². The predicted molar refractivity (Wildman–Crippen MR) is 115 cm³/mol. The van der Waals surface area contributed by atoms with Gasteiger partial charge in [-0.15, -0.1) is 0 Å². The van der Waals surface area contributed by atoms with E-state index in [9.17, 15) is 14.7 Å². The first kappa shape index (κ1) is 20.1. The van der Waals surface area contributed by atoms with Crippen molar-refractivity contribution in [2.45, 2.75) is 25.5 Å². The van der Waals surface area contributed by atoms with Crippen LogP contribution in [-0.4, -0.2) is 16.8 Å². The summed E-state index contributed by atoms with van der Waals surface area (Å²) in [6.07, 6.45) is 3.92. The summed E-state index contributed by atoms with van der Waals surface area (Å²) in [5, 5.41) is 11.7. The number of anilines is 1. The lowest BCUT2D eigenvalue weighted by molar-refractivity contribution is -0.140. The third-order valence-corrected chi connectivity index (χ3v) is 5.40. The van der Waals surface area contributed by atoms with Crippen molar-refractivity contribution in [2.75, 3.05) is 4.90 Å². The SMILES string of the molecule is Cc1ccc(CN2C(=O)[C@@](O)(CC(=O)/C=C/c3ccco3)c3cc(Cl)ccc32)cc1. The zero-order valence-corrected chi connectivity index (χ0v) is 17.1. The van der Waals surface area contributed by atoms with E-state index < -0.39 is 17.3 Å². The van der Waals surface area contributed by atoms with Crippen molar-refractivity contribution in [3.05, 3.63) is 94.4 Å². The predicted octanol–water partition coefficient (Wildman–Crippen LogP) is 4.65. The average molecular weight is 422 g/mol. The van der Waals surface area contributed by atoms with E-state index in [1.54, 1.807) is 30.3 Å². The van der Waals surface area contributed by atoms with Gasteiger partial charge in [0.05, 0.1) is 24.9 Å². The summed E-state index contributed by atoms with van der Waals surface area (Å²) in [7, 11) is 0. The summed E-state index contributed by atoms with van der Waals surface area (Å²) >= 11 is 6.14. The molecule has 1 amide bonds. The Balaban J connectivity index is 1.64. The first-order valence-corrected chi connectivity index (χ1v) is 9.89. The van der Waals surface area contributed by atoms with Gasteiger partial charge in [0.25, 0.3) is 5.91 Å². The molecule has 0 aliphatic carbocycles. The highest BCUT2D eigenvalue weighted by Gasteiger charge is 2.50. The number of hydrogen-bond acceptors (Lipinski definition) is 4. The fraction of sp³-hybridized carbons (Fsp3) is 0.167. The minimum Gasteiger partial charge on any atom is -0.465 e. The van der Waals surface area contributed by atoms with Crippen LogP contribution >= 0.6 is 11.6 Å². The van der Waals surface area contributed by atoms with Crippen molar-refractivity contribution in [2.24, 2.45) is 0 Å². The topological polar surface area (TPSA) is 70.8 Å². The van der Waals surface area contributed by atoms with E-state index in [1.165, 1.54) is 23.3 Å². The van der Waals surface area contributed by atoms with Gasteiger partial charge in [-0.1, -0.05) is 41.4 Å². The molecule has 0 unspecified atom stereocenters. The summed E-state index contributed by atoms with van der Waals surface area (Å²) in [5.74, 6) is -0.428. The first-order valence-electron chi connectivity index (χ1n) is 9.51. The van der Waals surface area contributed by atoms with Crippen molar-refractivity contribution >= 4 is 35.1 Å². The molecule has 5 nitrogen and oxygen atoms in total. The number of aryl methyl sites for hydroxylation is 1. The summed E-state index contributed by atoms with van der Waals surface area (Å²) < 4.78 is 5.17. The molecular weight excluding hydrogens is 402 g/mol. The molecule has 0 saturated heterocycles. The molecule has 1 aliphatic heterocycles. The van der Waals surface area contributed by atoms with Gasteiger partial charge in [-0.2, -0.15) is 0 Å². The van der Waals surface area contributed by atoms with E-state index in [4.69, 9.17) is 16.0 Å². The summed E-state index contributed by atoms with van der Waals surface area (Å²) in [4.78, 5) is 27.3. The van der Waals surface area contributed by atoms with Crippen molar-refractivity contribution in [3.63, 3.8) is 0 Å². The molecule has 152 valence electrons. The van der Waals surface area contributed by atoms with Crippen LogP contribution in [0.3, 0.4) is 0 Å². The van der Waals surface area contributed by atoms with Gasteiger partial charge in [0.2, 0.25) is 0 Å². The number of halogens is 1. The number of aliphatic hydroxyl groups is 1. The maximum atomic E-state index is 13.3. The minimum atomic E-state index is -1.98. The van der Waals surface area contributed by atoms with Crippen LogP contribution in [0.2, 0.25) is 5.02 Å². The lowest BCUT2D eigenvalue weighted by Gasteiger charge is -2.22. The Morgan fingerprint density at radius 3 is 2.67 bits per heavy atom. The van der Waals surface area contributed by atoms with Gasteiger partial charge in [0.1, 0.15) is 5.76 Å². The van der Waals surface area contributed by atoms with Crippen LogP contribution in [-0.2, 0) is 21.7 Å². The number of ketones is 1. The molecule has 1 aromatic heterocycles. The fourth-order valence-corrected chi connectivity index (χ4v) is 3.77. The van der Waals surface area contributed by atoms with Crippen LogP contribution in [0.25, 0.3) is 6.08 Å². The standard InChI is InChI=1S/C24H20ClNO4/c1-16-4-6-17(7-5-16)15-26-22-11-8-18(25)13-21(22)24(29,23(26)28)14-19(27)9-10-20-3-2-12-30-20/h2-13,29H,14-15H2,1H3/b10-9+/t24-/m1/s1. The molecule has 0 fully saturated rings. The van der Waals surface area contributed by atoms with E-state index in [2.05, 4.69) is 0 Å². The van der Waals surface area contributed by atoms with Gasteiger partial charge in [-0.25, -0.2) is 0 Å². The highest BCUT2D eigenvalue weighted by Crippen LogP contribution is 2.44. The highest BCUT2D eigenvalue weighted by molar-refractivity contribution is 6.31. The van der Waals surface area contributed by atoms with Gasteiger partial charge >= 0.3 is 0 Å². The van der Waals surface area contributed by atoms with Gasteiger partial charge in [-0.05, 0) is 55.0 Å². The Labute approximate surface area is 179 Å². The van der Waals surface area contributed by atoms with Crippen LogP contribution in [0.5, 0.6) is 0 Å². The first-order chi connectivity index (χ1) is 14.4. The monoisotopic (exact) mass is 421 g/mol. The minimum absolute atomic E-state index is 0.284. The number of amides is 1. The Kier molecular flexibility index (Phi) is 5.33. The number of carbonyl (C=O) groups excluding carboxylic acids is 2. The van der Waals surface area contributed by atoms with E-state index >= 15 is 0 Å². The largest absolute Gasteiger partial charge is 0.465 e. The number of nitrogens with zero attached hydrogens (tertiary/aromatic N) is 1. The van der Waals surface area contributed by atoms with Crippen LogP contribution in [0.15, 0.2) is 71.4 Å². The van der Waals surface area contributed by atoms with Crippen LogP contribution in [0.4, 0.5) is 5.69 Å². The number of benzene rings is 2. The number of allylic oxidation sites excluding steroid dienone is 1. The average Bonchev–Trinajstić information content (AvgIpc) is 3.30. The van der Waals surface area contributed by atoms with Crippen molar-refractivity contribution in [3.8, 4) is 0 Å². The molecule has 30 heavy (non-hydrogen) atoms.